The lowest BCUT2D eigenvalue weighted by molar-refractivity contribution is 0.112. The Bertz CT molecular complexity index is 153. The van der Waals surface area contributed by atoms with Crippen molar-refractivity contribution in [2.45, 2.75) is 39.4 Å². The molecule has 2 atom stereocenters. The van der Waals surface area contributed by atoms with Gasteiger partial charge >= 0.3 is 6.16 Å². The highest BCUT2D eigenvalue weighted by molar-refractivity contribution is 5.62. The van der Waals surface area contributed by atoms with Gasteiger partial charge in [0.15, 0.2) is 0 Å². The van der Waals surface area contributed by atoms with E-state index in [-0.39, 0.29) is 12.2 Å². The maximum Gasteiger partial charge on any atom is 0.509 e. The van der Waals surface area contributed by atoms with Gasteiger partial charge in [0, 0.05) is 0 Å². The Balaban J connectivity index is 2.40. The van der Waals surface area contributed by atoms with Crippen LogP contribution in [0.4, 0.5) is 4.79 Å². The van der Waals surface area contributed by atoms with E-state index in [1.165, 1.54) is 0 Å². The van der Waals surface area contributed by atoms with Crippen molar-refractivity contribution in [2.75, 3.05) is 0 Å². The minimum Gasteiger partial charge on any atom is -0.427 e. The van der Waals surface area contributed by atoms with Crippen LogP contribution in [0.25, 0.3) is 0 Å². The lowest BCUT2D eigenvalue weighted by Gasteiger charge is -2.12. The summed E-state index contributed by atoms with van der Waals surface area (Å²) in [6, 6.07) is 0. The molecule has 1 aliphatic rings. The molecule has 0 radical (unpaired) electrons. The summed E-state index contributed by atoms with van der Waals surface area (Å²) in [5, 5.41) is 0. The van der Waals surface area contributed by atoms with Gasteiger partial charge in [-0.1, -0.05) is 13.8 Å². The van der Waals surface area contributed by atoms with Crippen LogP contribution in [0.15, 0.2) is 0 Å². The molecule has 3 nitrogen and oxygen atoms in total. The van der Waals surface area contributed by atoms with Gasteiger partial charge in [0.25, 0.3) is 0 Å². The fourth-order valence-electron chi connectivity index (χ4n) is 1.18. The van der Waals surface area contributed by atoms with Crippen molar-refractivity contribution in [2.24, 2.45) is 5.92 Å². The van der Waals surface area contributed by atoms with E-state index in [0.29, 0.717) is 5.92 Å². The van der Waals surface area contributed by atoms with Crippen molar-refractivity contribution in [3.63, 3.8) is 0 Å². The van der Waals surface area contributed by atoms with E-state index < -0.39 is 6.16 Å². The van der Waals surface area contributed by atoms with Crippen LogP contribution in [0.3, 0.4) is 0 Å². The smallest absolute Gasteiger partial charge is 0.427 e. The van der Waals surface area contributed by atoms with Crippen molar-refractivity contribution >= 4 is 6.16 Å². The summed E-state index contributed by atoms with van der Waals surface area (Å²) in [5.74, 6) is 0.539. The highest BCUT2D eigenvalue weighted by Gasteiger charge is 2.33. The molecule has 11 heavy (non-hydrogen) atoms. The first-order chi connectivity index (χ1) is 5.09. The van der Waals surface area contributed by atoms with Gasteiger partial charge in [-0.15, -0.1) is 0 Å². The van der Waals surface area contributed by atoms with Gasteiger partial charge in [-0.3, -0.25) is 0 Å². The van der Waals surface area contributed by atoms with Crippen LogP contribution in [-0.2, 0) is 9.47 Å². The first-order valence-corrected chi connectivity index (χ1v) is 3.97. The van der Waals surface area contributed by atoms with E-state index in [0.717, 1.165) is 6.42 Å². The van der Waals surface area contributed by atoms with Gasteiger partial charge in [0.2, 0.25) is 0 Å². The van der Waals surface area contributed by atoms with Crippen molar-refractivity contribution in [1.29, 1.82) is 0 Å². The molecule has 0 aromatic heterocycles. The molecule has 0 bridgehead atoms. The van der Waals surface area contributed by atoms with Crippen LogP contribution in [-0.4, -0.2) is 18.4 Å². The van der Waals surface area contributed by atoms with Crippen molar-refractivity contribution in [3.8, 4) is 0 Å². The fraction of sp³-hybridized carbons (Fsp3) is 0.875. The molecular weight excluding hydrogens is 144 g/mol. The summed E-state index contributed by atoms with van der Waals surface area (Å²) in [5.41, 5.74) is 0. The topological polar surface area (TPSA) is 35.5 Å². The summed E-state index contributed by atoms with van der Waals surface area (Å²) in [7, 11) is 0. The first kappa shape index (κ1) is 8.37. The normalized spacial score (nSPS) is 30.4. The Labute approximate surface area is 66.7 Å². The van der Waals surface area contributed by atoms with E-state index >= 15 is 0 Å². The summed E-state index contributed by atoms with van der Waals surface area (Å²) < 4.78 is 9.74. The number of ether oxygens (including phenoxy) is 2. The van der Waals surface area contributed by atoms with Crippen molar-refractivity contribution in [3.05, 3.63) is 0 Å². The van der Waals surface area contributed by atoms with Crippen LogP contribution in [0.1, 0.15) is 27.2 Å². The molecule has 0 saturated carbocycles. The number of carbonyl (C=O) groups excluding carboxylic acids is 1. The molecule has 64 valence electrons. The quantitative estimate of drug-likeness (QED) is 0.576. The average molecular weight is 158 g/mol. The number of hydrogen-bond donors (Lipinski definition) is 0. The molecular formula is C8H14O3. The van der Waals surface area contributed by atoms with Gasteiger partial charge in [0.05, 0.1) is 0 Å². The molecule has 1 rings (SSSR count). The summed E-state index contributed by atoms with van der Waals surface area (Å²) in [6.07, 6.45) is 0.239. The molecule has 0 spiro atoms. The zero-order valence-corrected chi connectivity index (χ0v) is 7.16. The Morgan fingerprint density at radius 1 is 1.45 bits per heavy atom. The molecule has 1 aliphatic heterocycles. The van der Waals surface area contributed by atoms with E-state index in [4.69, 9.17) is 9.47 Å². The van der Waals surface area contributed by atoms with Gasteiger partial charge in [-0.2, -0.15) is 0 Å². The minimum absolute atomic E-state index is 0.0394. The Kier molecular flexibility index (Phi) is 2.37. The SMILES string of the molecule is CC(C)CC1OC(=O)OC1C. The maximum absolute atomic E-state index is 10.6. The number of carbonyl (C=O) groups is 1. The van der Waals surface area contributed by atoms with Gasteiger partial charge < -0.3 is 9.47 Å². The molecule has 0 aromatic carbocycles. The lowest BCUT2D eigenvalue weighted by Crippen LogP contribution is -2.20. The van der Waals surface area contributed by atoms with E-state index in [1.54, 1.807) is 0 Å². The van der Waals surface area contributed by atoms with Crippen molar-refractivity contribution in [1.82, 2.24) is 0 Å². The molecule has 1 saturated heterocycles. The molecule has 3 heteroatoms. The van der Waals surface area contributed by atoms with Gasteiger partial charge in [-0.05, 0) is 19.3 Å². The number of hydrogen-bond acceptors (Lipinski definition) is 3. The Hall–Kier alpha value is -0.730. The number of rotatable bonds is 2. The van der Waals surface area contributed by atoms with Crippen LogP contribution < -0.4 is 0 Å². The van der Waals surface area contributed by atoms with Gasteiger partial charge in [-0.25, -0.2) is 4.79 Å². The molecule has 1 heterocycles. The summed E-state index contributed by atoms with van der Waals surface area (Å²) in [6.45, 7) is 6.05. The third-order valence-corrected chi connectivity index (χ3v) is 1.76. The van der Waals surface area contributed by atoms with Crippen molar-refractivity contribution < 1.29 is 14.3 Å². The molecule has 0 N–H and O–H groups in total. The standard InChI is InChI=1S/C8H14O3/c1-5(2)4-7-6(3)10-8(9)11-7/h5-7H,4H2,1-3H3. The zero-order chi connectivity index (χ0) is 8.43. The second-order valence-corrected chi connectivity index (χ2v) is 3.36. The monoisotopic (exact) mass is 158 g/mol. The summed E-state index contributed by atoms with van der Waals surface area (Å²) >= 11 is 0. The second kappa shape index (κ2) is 3.11. The van der Waals surface area contributed by atoms with Crippen LogP contribution in [0.5, 0.6) is 0 Å². The van der Waals surface area contributed by atoms with Gasteiger partial charge in [0.1, 0.15) is 12.2 Å². The third-order valence-electron chi connectivity index (χ3n) is 1.76. The van der Waals surface area contributed by atoms with Crippen LogP contribution in [0, 0.1) is 5.92 Å². The van der Waals surface area contributed by atoms with E-state index in [9.17, 15) is 4.79 Å². The highest BCUT2D eigenvalue weighted by atomic mass is 16.8. The maximum atomic E-state index is 10.6. The molecule has 2 unspecified atom stereocenters. The minimum atomic E-state index is -0.525. The zero-order valence-electron chi connectivity index (χ0n) is 7.16. The molecule has 1 fully saturated rings. The average Bonchev–Trinajstić information content (AvgIpc) is 2.09. The lowest BCUT2D eigenvalue weighted by atomic mass is 10.0. The Morgan fingerprint density at radius 2 is 2.09 bits per heavy atom. The van der Waals surface area contributed by atoms with Crippen LogP contribution >= 0.6 is 0 Å². The predicted molar refractivity (Wildman–Crippen MR) is 40.3 cm³/mol. The largest absolute Gasteiger partial charge is 0.509 e. The Morgan fingerprint density at radius 3 is 2.45 bits per heavy atom. The van der Waals surface area contributed by atoms with E-state index in [2.05, 4.69) is 13.8 Å². The number of cyclic esters (lactones) is 2. The van der Waals surface area contributed by atoms with Crippen LogP contribution in [0.2, 0.25) is 0 Å². The van der Waals surface area contributed by atoms with E-state index in [1.807, 2.05) is 6.92 Å². The second-order valence-electron chi connectivity index (χ2n) is 3.36. The molecule has 0 aliphatic carbocycles. The summed E-state index contributed by atoms with van der Waals surface area (Å²) in [4.78, 5) is 10.6. The fourth-order valence-corrected chi connectivity index (χ4v) is 1.18. The molecule has 0 aromatic rings. The first-order valence-electron chi connectivity index (χ1n) is 3.97. The predicted octanol–water partition coefficient (Wildman–Crippen LogP) is 1.96. The highest BCUT2D eigenvalue weighted by Crippen LogP contribution is 2.20. The molecule has 0 amide bonds. The third kappa shape index (κ3) is 2.10.